The molecule has 2 saturated heterocycles. The van der Waals surface area contributed by atoms with E-state index in [4.69, 9.17) is 16.6 Å². The molecule has 156 valence electrons. The zero-order valence-electron chi connectivity index (χ0n) is 16.5. The molecule has 2 aliphatic heterocycles. The van der Waals surface area contributed by atoms with Gasteiger partial charge >= 0.3 is 0 Å². The molecule has 2 aromatic heterocycles. The van der Waals surface area contributed by atoms with Gasteiger partial charge in [0.05, 0.1) is 17.2 Å². The van der Waals surface area contributed by atoms with Crippen LogP contribution in [0.25, 0.3) is 6.08 Å². The standard InChI is InChI=1S/C22H23N3O3S2/c26-20(24-11-2-1-8-18(24)16-6-3-10-23-15-16)9-4-12-25-21(27)19(30-22(25)29)14-17-7-5-13-28-17/h3,5-7,10,13-15,18H,1-2,4,8-9,11-12H2. The Labute approximate surface area is 185 Å². The maximum atomic E-state index is 12.9. The van der Waals surface area contributed by atoms with Crippen molar-refractivity contribution in [1.82, 2.24) is 14.8 Å². The van der Waals surface area contributed by atoms with Gasteiger partial charge in [0.25, 0.3) is 5.91 Å². The number of hydrogen-bond donors (Lipinski definition) is 0. The minimum absolute atomic E-state index is 0.0906. The number of hydrogen-bond acceptors (Lipinski definition) is 6. The van der Waals surface area contributed by atoms with E-state index in [1.165, 1.54) is 11.8 Å². The minimum Gasteiger partial charge on any atom is -0.465 e. The number of amides is 2. The molecule has 1 unspecified atom stereocenters. The van der Waals surface area contributed by atoms with Gasteiger partial charge < -0.3 is 9.32 Å². The molecule has 0 aromatic carbocycles. The van der Waals surface area contributed by atoms with Gasteiger partial charge in [-0.15, -0.1) is 0 Å². The third-order valence-electron chi connectivity index (χ3n) is 5.35. The van der Waals surface area contributed by atoms with E-state index in [0.717, 1.165) is 31.4 Å². The van der Waals surface area contributed by atoms with Gasteiger partial charge in [-0.1, -0.05) is 30.0 Å². The van der Waals surface area contributed by atoms with E-state index in [1.54, 1.807) is 35.6 Å². The van der Waals surface area contributed by atoms with Crippen LogP contribution in [-0.4, -0.2) is 44.0 Å². The Hall–Kier alpha value is -2.45. The van der Waals surface area contributed by atoms with Crippen LogP contribution >= 0.6 is 24.0 Å². The third kappa shape index (κ3) is 4.65. The fourth-order valence-corrected chi connectivity index (χ4v) is 5.17. The summed E-state index contributed by atoms with van der Waals surface area (Å²) >= 11 is 6.64. The van der Waals surface area contributed by atoms with Crippen LogP contribution in [0.2, 0.25) is 0 Å². The fourth-order valence-electron chi connectivity index (χ4n) is 3.88. The van der Waals surface area contributed by atoms with Crippen molar-refractivity contribution in [2.45, 2.75) is 38.1 Å². The number of pyridine rings is 1. The first-order valence-electron chi connectivity index (χ1n) is 10.1. The summed E-state index contributed by atoms with van der Waals surface area (Å²) in [5.41, 5.74) is 1.09. The van der Waals surface area contributed by atoms with Crippen molar-refractivity contribution in [3.05, 3.63) is 59.2 Å². The molecular weight excluding hydrogens is 418 g/mol. The average Bonchev–Trinajstić information content (AvgIpc) is 3.38. The fraction of sp³-hybridized carbons (Fsp3) is 0.364. The van der Waals surface area contributed by atoms with Gasteiger partial charge in [-0.3, -0.25) is 19.5 Å². The molecule has 2 aromatic rings. The number of carbonyl (C=O) groups is 2. The summed E-state index contributed by atoms with van der Waals surface area (Å²) in [6.07, 6.45) is 10.9. The molecule has 8 heteroatoms. The summed E-state index contributed by atoms with van der Waals surface area (Å²) in [7, 11) is 0. The van der Waals surface area contributed by atoms with Crippen LogP contribution in [-0.2, 0) is 9.59 Å². The number of piperidine rings is 1. The second-order valence-corrected chi connectivity index (χ2v) is 9.01. The Balaban J connectivity index is 1.34. The number of furan rings is 1. The molecule has 0 N–H and O–H groups in total. The van der Waals surface area contributed by atoms with Crippen molar-refractivity contribution in [3.8, 4) is 0 Å². The molecule has 2 aliphatic rings. The number of likely N-dealkylation sites (tertiary alicyclic amines) is 1. The van der Waals surface area contributed by atoms with Crippen molar-refractivity contribution in [1.29, 1.82) is 0 Å². The smallest absolute Gasteiger partial charge is 0.266 e. The maximum absolute atomic E-state index is 12.9. The lowest BCUT2D eigenvalue weighted by atomic mass is 9.96. The normalized spacial score (nSPS) is 20.9. The highest BCUT2D eigenvalue weighted by Gasteiger charge is 2.33. The Bertz CT molecular complexity index is 944. The highest BCUT2D eigenvalue weighted by Crippen LogP contribution is 2.33. The lowest BCUT2D eigenvalue weighted by Crippen LogP contribution is -2.39. The van der Waals surface area contributed by atoms with Crippen molar-refractivity contribution >= 4 is 46.2 Å². The molecule has 6 nitrogen and oxygen atoms in total. The topological polar surface area (TPSA) is 66.7 Å². The molecule has 0 spiro atoms. The summed E-state index contributed by atoms with van der Waals surface area (Å²) in [5, 5.41) is 0. The summed E-state index contributed by atoms with van der Waals surface area (Å²) in [6, 6.07) is 7.61. The number of thiocarbonyl (C=S) groups is 1. The predicted molar refractivity (Wildman–Crippen MR) is 120 cm³/mol. The molecule has 0 saturated carbocycles. The van der Waals surface area contributed by atoms with E-state index in [0.29, 0.717) is 34.4 Å². The quantitative estimate of drug-likeness (QED) is 0.489. The summed E-state index contributed by atoms with van der Waals surface area (Å²) in [5.74, 6) is 0.623. The van der Waals surface area contributed by atoms with Gasteiger partial charge in [0.15, 0.2) is 0 Å². The van der Waals surface area contributed by atoms with E-state index in [2.05, 4.69) is 4.98 Å². The van der Waals surface area contributed by atoms with Gasteiger partial charge in [-0.05, 0) is 49.4 Å². The SMILES string of the molecule is O=C1C(=Cc2ccco2)SC(=S)N1CCCC(=O)N1CCCCC1c1cccnc1. The van der Waals surface area contributed by atoms with E-state index < -0.39 is 0 Å². The lowest BCUT2D eigenvalue weighted by Gasteiger charge is -2.36. The third-order valence-corrected chi connectivity index (χ3v) is 6.73. The van der Waals surface area contributed by atoms with Gasteiger partial charge in [0.1, 0.15) is 10.1 Å². The molecular formula is C22H23N3O3S2. The first kappa shape index (κ1) is 20.8. The monoisotopic (exact) mass is 441 g/mol. The molecule has 1 atom stereocenters. The molecule has 30 heavy (non-hydrogen) atoms. The van der Waals surface area contributed by atoms with Crippen LogP contribution in [0.3, 0.4) is 0 Å². The van der Waals surface area contributed by atoms with Crippen LogP contribution in [0, 0.1) is 0 Å². The molecule has 4 rings (SSSR count). The van der Waals surface area contributed by atoms with Crippen LogP contribution < -0.4 is 0 Å². The summed E-state index contributed by atoms with van der Waals surface area (Å²) < 4.78 is 5.81. The second-order valence-electron chi connectivity index (χ2n) is 7.34. The first-order valence-corrected chi connectivity index (χ1v) is 11.3. The Kier molecular flexibility index (Phi) is 6.64. The Morgan fingerprint density at radius 3 is 3.00 bits per heavy atom. The average molecular weight is 442 g/mol. The van der Waals surface area contributed by atoms with E-state index >= 15 is 0 Å². The highest BCUT2D eigenvalue weighted by molar-refractivity contribution is 8.26. The zero-order valence-corrected chi connectivity index (χ0v) is 18.2. The number of rotatable bonds is 6. The molecule has 4 heterocycles. The van der Waals surface area contributed by atoms with Gasteiger partial charge in [-0.2, -0.15) is 0 Å². The lowest BCUT2D eigenvalue weighted by molar-refractivity contribution is -0.135. The van der Waals surface area contributed by atoms with Gasteiger partial charge in [0, 0.05) is 38.0 Å². The van der Waals surface area contributed by atoms with Gasteiger partial charge in [0.2, 0.25) is 5.91 Å². The van der Waals surface area contributed by atoms with Crippen LogP contribution in [0.5, 0.6) is 0 Å². The van der Waals surface area contributed by atoms with Crippen LogP contribution in [0.4, 0.5) is 0 Å². The van der Waals surface area contributed by atoms with E-state index in [-0.39, 0.29) is 17.9 Å². The zero-order chi connectivity index (χ0) is 20.9. The number of carbonyl (C=O) groups excluding carboxylic acids is 2. The van der Waals surface area contributed by atoms with E-state index in [9.17, 15) is 9.59 Å². The van der Waals surface area contributed by atoms with Crippen LogP contribution in [0.1, 0.15) is 49.5 Å². The number of aromatic nitrogens is 1. The van der Waals surface area contributed by atoms with Gasteiger partial charge in [-0.25, -0.2) is 0 Å². The molecule has 2 fully saturated rings. The summed E-state index contributed by atoms with van der Waals surface area (Å²) in [4.78, 5) is 33.9. The maximum Gasteiger partial charge on any atom is 0.266 e. The Morgan fingerprint density at radius 1 is 1.33 bits per heavy atom. The molecule has 0 bridgehead atoms. The second kappa shape index (κ2) is 9.57. The van der Waals surface area contributed by atoms with Crippen molar-refractivity contribution < 1.29 is 14.0 Å². The van der Waals surface area contributed by atoms with Crippen molar-refractivity contribution in [2.75, 3.05) is 13.1 Å². The number of nitrogens with zero attached hydrogens (tertiary/aromatic N) is 3. The molecule has 0 radical (unpaired) electrons. The minimum atomic E-state index is -0.125. The Morgan fingerprint density at radius 2 is 2.23 bits per heavy atom. The highest BCUT2D eigenvalue weighted by atomic mass is 32.2. The number of thioether (sulfide) groups is 1. The summed E-state index contributed by atoms with van der Waals surface area (Å²) in [6.45, 7) is 1.21. The van der Waals surface area contributed by atoms with Crippen LogP contribution in [0.15, 0.2) is 52.2 Å². The molecule has 0 aliphatic carbocycles. The van der Waals surface area contributed by atoms with Crippen molar-refractivity contribution in [2.24, 2.45) is 0 Å². The van der Waals surface area contributed by atoms with E-state index in [1.807, 2.05) is 23.2 Å². The predicted octanol–water partition coefficient (Wildman–Crippen LogP) is 4.41. The largest absolute Gasteiger partial charge is 0.465 e. The first-order chi connectivity index (χ1) is 14.6. The van der Waals surface area contributed by atoms with Crippen molar-refractivity contribution in [3.63, 3.8) is 0 Å². The molecule has 2 amide bonds.